The van der Waals surface area contributed by atoms with Gasteiger partial charge < -0.3 is 9.47 Å². The number of hydrogen-bond donors (Lipinski definition) is 0. The molecule has 3 nitrogen and oxygen atoms in total. The molecule has 0 aromatic heterocycles. The lowest BCUT2D eigenvalue weighted by atomic mass is 10.1. The molecule has 0 aromatic rings. The van der Waals surface area contributed by atoms with Crippen LogP contribution >= 0.6 is 48.0 Å². The number of ether oxygens (including phenoxy) is 2. The number of carbonyl (C=O) groups is 1. The Morgan fingerprint density at radius 3 is 2.11 bits per heavy atom. The molecular formula is C12H20O3S4. The van der Waals surface area contributed by atoms with Crippen molar-refractivity contribution >= 4 is 62.5 Å². The van der Waals surface area contributed by atoms with Crippen LogP contribution in [0.4, 0.5) is 0 Å². The van der Waals surface area contributed by atoms with E-state index in [1.807, 2.05) is 27.7 Å². The quantitative estimate of drug-likeness (QED) is 0.654. The Balaban J connectivity index is 4.34. The molecule has 0 amide bonds. The SMILES string of the molecule is CCOC(=S)SCC(=O)C(SC(=S)OCC)C(C)C. The van der Waals surface area contributed by atoms with Crippen LogP contribution in [-0.2, 0) is 14.3 Å². The molecule has 19 heavy (non-hydrogen) atoms. The van der Waals surface area contributed by atoms with Crippen molar-refractivity contribution in [2.24, 2.45) is 5.92 Å². The van der Waals surface area contributed by atoms with Crippen LogP contribution in [-0.4, -0.2) is 38.8 Å². The highest BCUT2D eigenvalue weighted by Crippen LogP contribution is 2.24. The summed E-state index contributed by atoms with van der Waals surface area (Å²) in [7, 11) is 0. The maximum absolute atomic E-state index is 12.2. The molecule has 0 rings (SSSR count). The van der Waals surface area contributed by atoms with Gasteiger partial charge in [-0.1, -0.05) is 37.4 Å². The van der Waals surface area contributed by atoms with Crippen LogP contribution in [0.25, 0.3) is 0 Å². The number of rotatable bonds is 7. The molecule has 1 atom stereocenters. The molecule has 0 aliphatic carbocycles. The van der Waals surface area contributed by atoms with Crippen molar-refractivity contribution in [1.82, 2.24) is 0 Å². The van der Waals surface area contributed by atoms with Crippen molar-refractivity contribution in [3.63, 3.8) is 0 Å². The van der Waals surface area contributed by atoms with E-state index < -0.39 is 0 Å². The van der Waals surface area contributed by atoms with Crippen LogP contribution in [0.1, 0.15) is 27.7 Å². The van der Waals surface area contributed by atoms with Crippen molar-refractivity contribution in [2.45, 2.75) is 32.9 Å². The first-order chi connectivity index (χ1) is 8.92. The fourth-order valence-corrected chi connectivity index (χ4v) is 3.55. The Morgan fingerprint density at radius 2 is 1.63 bits per heavy atom. The molecule has 0 saturated carbocycles. The minimum Gasteiger partial charge on any atom is -0.479 e. The summed E-state index contributed by atoms with van der Waals surface area (Å²) in [6, 6.07) is 0. The summed E-state index contributed by atoms with van der Waals surface area (Å²) in [5.74, 6) is 0.606. The van der Waals surface area contributed by atoms with Crippen molar-refractivity contribution < 1.29 is 14.3 Å². The number of carbonyl (C=O) groups excluding carboxylic acids is 1. The maximum atomic E-state index is 12.2. The number of ketones is 1. The Bertz CT molecular complexity index is 318. The number of thiocarbonyl (C=S) groups is 2. The van der Waals surface area contributed by atoms with Gasteiger partial charge in [-0.25, -0.2) is 0 Å². The third-order valence-electron chi connectivity index (χ3n) is 2.00. The number of thioether (sulfide) groups is 2. The highest BCUT2D eigenvalue weighted by Gasteiger charge is 2.25. The first-order valence-corrected chi connectivity index (χ1v) is 8.76. The van der Waals surface area contributed by atoms with Crippen LogP contribution < -0.4 is 0 Å². The second-order valence-corrected chi connectivity index (χ2v) is 7.22. The van der Waals surface area contributed by atoms with Crippen LogP contribution in [0.15, 0.2) is 0 Å². The van der Waals surface area contributed by atoms with Crippen molar-refractivity contribution in [2.75, 3.05) is 19.0 Å². The van der Waals surface area contributed by atoms with Crippen LogP contribution in [0.3, 0.4) is 0 Å². The highest BCUT2D eigenvalue weighted by molar-refractivity contribution is 8.24. The Hall–Kier alpha value is 0.150. The molecular weight excluding hydrogens is 320 g/mol. The highest BCUT2D eigenvalue weighted by atomic mass is 32.2. The lowest BCUT2D eigenvalue weighted by molar-refractivity contribution is -0.116. The van der Waals surface area contributed by atoms with Crippen molar-refractivity contribution in [3.05, 3.63) is 0 Å². The molecule has 0 aromatic carbocycles. The summed E-state index contributed by atoms with van der Waals surface area (Å²) in [5.41, 5.74) is 0. The summed E-state index contributed by atoms with van der Waals surface area (Å²) in [6.07, 6.45) is 0. The van der Waals surface area contributed by atoms with Gasteiger partial charge in [0.1, 0.15) is 0 Å². The second-order valence-electron chi connectivity index (χ2n) is 3.90. The standard InChI is InChI=1S/C12H20O3S4/c1-5-14-11(16)18-7-9(13)10(8(3)4)19-12(17)15-6-2/h8,10H,5-7H2,1-4H3. The van der Waals surface area contributed by atoms with Gasteiger partial charge in [0.25, 0.3) is 0 Å². The van der Waals surface area contributed by atoms with Gasteiger partial charge in [0.15, 0.2) is 5.78 Å². The predicted molar refractivity (Wildman–Crippen MR) is 92.1 cm³/mol. The summed E-state index contributed by atoms with van der Waals surface area (Å²) < 4.78 is 11.2. The molecule has 0 radical (unpaired) electrons. The van der Waals surface area contributed by atoms with Gasteiger partial charge in [-0.15, -0.1) is 0 Å². The van der Waals surface area contributed by atoms with E-state index in [0.29, 0.717) is 27.7 Å². The third-order valence-corrected chi connectivity index (χ3v) is 5.03. The summed E-state index contributed by atoms with van der Waals surface area (Å²) in [6.45, 7) is 8.77. The number of hydrogen-bond acceptors (Lipinski definition) is 7. The second kappa shape index (κ2) is 10.9. The normalized spacial score (nSPS) is 12.1. The zero-order valence-electron chi connectivity index (χ0n) is 11.6. The summed E-state index contributed by atoms with van der Waals surface area (Å²) >= 11 is 12.6. The molecule has 0 bridgehead atoms. The average molecular weight is 341 g/mol. The Morgan fingerprint density at radius 1 is 1.11 bits per heavy atom. The molecule has 0 spiro atoms. The molecule has 0 N–H and O–H groups in total. The van der Waals surface area contributed by atoms with Gasteiger partial charge in [-0.05, 0) is 44.2 Å². The molecule has 0 saturated heterocycles. The lowest BCUT2D eigenvalue weighted by Gasteiger charge is -2.19. The van der Waals surface area contributed by atoms with E-state index in [2.05, 4.69) is 0 Å². The van der Waals surface area contributed by atoms with Gasteiger partial charge in [0, 0.05) is 0 Å². The van der Waals surface area contributed by atoms with E-state index in [0.717, 1.165) is 0 Å². The topological polar surface area (TPSA) is 35.5 Å². The molecule has 0 aliphatic rings. The molecule has 0 fully saturated rings. The molecule has 7 heteroatoms. The van der Waals surface area contributed by atoms with Crippen LogP contribution in [0.2, 0.25) is 0 Å². The third kappa shape index (κ3) is 8.83. The average Bonchev–Trinajstić information content (AvgIpc) is 2.33. The van der Waals surface area contributed by atoms with Crippen molar-refractivity contribution in [3.8, 4) is 0 Å². The summed E-state index contributed by atoms with van der Waals surface area (Å²) in [4.78, 5) is 12.2. The van der Waals surface area contributed by atoms with E-state index in [1.54, 1.807) is 0 Å². The Labute approximate surface area is 134 Å². The maximum Gasteiger partial charge on any atom is 0.220 e. The molecule has 0 aliphatic heterocycles. The zero-order valence-corrected chi connectivity index (χ0v) is 14.9. The van der Waals surface area contributed by atoms with Gasteiger partial charge in [-0.3, -0.25) is 4.79 Å². The van der Waals surface area contributed by atoms with Gasteiger partial charge in [-0.2, -0.15) is 0 Å². The fourth-order valence-electron chi connectivity index (χ4n) is 1.20. The van der Waals surface area contributed by atoms with Crippen LogP contribution in [0, 0.1) is 5.92 Å². The Kier molecular flexibility index (Phi) is 11.0. The molecule has 110 valence electrons. The van der Waals surface area contributed by atoms with Crippen LogP contribution in [0.5, 0.6) is 0 Å². The van der Waals surface area contributed by atoms with Gasteiger partial charge in [0.2, 0.25) is 8.77 Å². The van der Waals surface area contributed by atoms with Gasteiger partial charge in [0.05, 0.1) is 24.2 Å². The number of Topliss-reactive ketones (excluding diaryl/α,β-unsaturated/α-hetero) is 1. The summed E-state index contributed by atoms with van der Waals surface area (Å²) in [5, 5.41) is -0.198. The van der Waals surface area contributed by atoms with Crippen molar-refractivity contribution in [1.29, 1.82) is 0 Å². The zero-order chi connectivity index (χ0) is 14.8. The largest absolute Gasteiger partial charge is 0.479 e. The fraction of sp³-hybridized carbons (Fsp3) is 0.750. The monoisotopic (exact) mass is 340 g/mol. The first kappa shape index (κ1) is 19.1. The smallest absolute Gasteiger partial charge is 0.220 e. The molecule has 1 unspecified atom stereocenters. The van der Waals surface area contributed by atoms with Gasteiger partial charge >= 0.3 is 0 Å². The molecule has 0 heterocycles. The lowest BCUT2D eigenvalue weighted by Crippen LogP contribution is -2.27. The minimum absolute atomic E-state index is 0.106. The van der Waals surface area contributed by atoms with E-state index in [4.69, 9.17) is 33.9 Å². The first-order valence-electron chi connectivity index (χ1n) is 6.08. The van der Waals surface area contributed by atoms with E-state index in [-0.39, 0.29) is 17.0 Å². The van der Waals surface area contributed by atoms with E-state index in [9.17, 15) is 4.79 Å². The predicted octanol–water partition coefficient (Wildman–Crippen LogP) is 3.69. The van der Waals surface area contributed by atoms with E-state index >= 15 is 0 Å². The van der Waals surface area contributed by atoms with E-state index in [1.165, 1.54) is 23.5 Å². The minimum atomic E-state index is -0.198.